The highest BCUT2D eigenvalue weighted by molar-refractivity contribution is 5.78. The Balaban J connectivity index is 1.38. The molecule has 0 bridgehead atoms. The molecule has 0 radical (unpaired) electrons. The monoisotopic (exact) mass is 338 g/mol. The van der Waals surface area contributed by atoms with Gasteiger partial charge < -0.3 is 9.47 Å². The minimum absolute atomic E-state index is 0.0862. The summed E-state index contributed by atoms with van der Waals surface area (Å²) in [5.74, 6) is 0.168. The fourth-order valence-electron chi connectivity index (χ4n) is 3.66. The maximum absolute atomic E-state index is 12.7. The van der Waals surface area contributed by atoms with E-state index in [9.17, 15) is 4.79 Å². The Bertz CT molecular complexity index is 750. The van der Waals surface area contributed by atoms with Crippen molar-refractivity contribution < 1.29 is 4.79 Å². The van der Waals surface area contributed by atoms with Crippen LogP contribution in [0.1, 0.15) is 48.8 Å². The number of amides is 1. The molecule has 1 atom stereocenters. The Morgan fingerprint density at radius 3 is 2.80 bits per heavy atom. The lowest BCUT2D eigenvalue weighted by atomic mass is 10.1. The van der Waals surface area contributed by atoms with Crippen LogP contribution in [0.15, 0.2) is 36.7 Å². The number of hydrogen-bond donors (Lipinski definition) is 0. The van der Waals surface area contributed by atoms with Crippen LogP contribution in [0.4, 0.5) is 0 Å². The Kier molecular flexibility index (Phi) is 4.34. The van der Waals surface area contributed by atoms with Gasteiger partial charge in [0.1, 0.15) is 0 Å². The Morgan fingerprint density at radius 1 is 1.32 bits per heavy atom. The number of carbonyl (C=O) groups excluding carboxylic acids is 1. The van der Waals surface area contributed by atoms with Gasteiger partial charge in [-0.1, -0.05) is 30.3 Å². The first-order valence-electron chi connectivity index (χ1n) is 9.21. The van der Waals surface area contributed by atoms with E-state index in [-0.39, 0.29) is 11.9 Å². The summed E-state index contributed by atoms with van der Waals surface area (Å²) in [6.07, 6.45) is 5.56. The van der Waals surface area contributed by atoms with Crippen molar-refractivity contribution in [3.63, 3.8) is 0 Å². The molecule has 1 unspecified atom stereocenters. The smallest absolute Gasteiger partial charge is 0.237 e. The van der Waals surface area contributed by atoms with Gasteiger partial charge in [-0.05, 0) is 25.3 Å². The quantitative estimate of drug-likeness (QED) is 0.842. The SMILES string of the molecule is CC(c1ccccc1)N(C)C(=O)CN1CCc2c(ncn2C2CC2)C1. The summed E-state index contributed by atoms with van der Waals surface area (Å²) in [7, 11) is 1.90. The molecule has 0 N–H and O–H groups in total. The van der Waals surface area contributed by atoms with E-state index < -0.39 is 0 Å². The van der Waals surface area contributed by atoms with Gasteiger partial charge in [-0.3, -0.25) is 9.69 Å². The molecule has 2 aliphatic rings. The molecule has 5 heteroatoms. The largest absolute Gasteiger partial charge is 0.338 e. The highest BCUT2D eigenvalue weighted by Gasteiger charge is 2.30. The first-order valence-corrected chi connectivity index (χ1v) is 9.21. The van der Waals surface area contributed by atoms with Crippen molar-refractivity contribution in [1.29, 1.82) is 0 Å². The van der Waals surface area contributed by atoms with E-state index in [2.05, 4.69) is 33.5 Å². The molecular weight excluding hydrogens is 312 g/mol. The van der Waals surface area contributed by atoms with E-state index in [1.807, 2.05) is 36.5 Å². The van der Waals surface area contributed by atoms with Gasteiger partial charge in [0.05, 0.1) is 24.6 Å². The number of fused-ring (bicyclic) bond motifs is 1. The lowest BCUT2D eigenvalue weighted by Gasteiger charge is -2.31. The second-order valence-corrected chi connectivity index (χ2v) is 7.33. The molecule has 2 heterocycles. The minimum atomic E-state index is 0.0862. The standard InChI is InChI=1S/C20H26N4O/c1-15(16-6-4-3-5-7-16)22(2)20(25)13-23-11-10-19-18(12-23)21-14-24(19)17-8-9-17/h3-7,14-15,17H,8-13H2,1-2H3. The number of likely N-dealkylation sites (N-methyl/N-ethyl adjacent to an activating group) is 1. The van der Waals surface area contributed by atoms with E-state index >= 15 is 0 Å². The molecule has 1 amide bonds. The molecular formula is C20H26N4O. The van der Waals surface area contributed by atoms with Crippen LogP contribution in [-0.2, 0) is 17.8 Å². The molecule has 2 aromatic rings. The number of rotatable bonds is 5. The van der Waals surface area contributed by atoms with Gasteiger partial charge in [-0.25, -0.2) is 4.98 Å². The first-order chi connectivity index (χ1) is 12.1. The lowest BCUT2D eigenvalue weighted by molar-refractivity contribution is -0.133. The average Bonchev–Trinajstić information content (AvgIpc) is 3.40. The summed E-state index contributed by atoms with van der Waals surface area (Å²) in [6, 6.07) is 11.0. The van der Waals surface area contributed by atoms with Gasteiger partial charge >= 0.3 is 0 Å². The first kappa shape index (κ1) is 16.3. The normalized spacial score (nSPS) is 18.6. The van der Waals surface area contributed by atoms with Crippen molar-refractivity contribution in [2.75, 3.05) is 20.1 Å². The zero-order chi connectivity index (χ0) is 17.4. The second kappa shape index (κ2) is 6.64. The fourth-order valence-corrected chi connectivity index (χ4v) is 3.66. The molecule has 1 aromatic carbocycles. The Hall–Kier alpha value is -2.14. The lowest BCUT2D eigenvalue weighted by Crippen LogP contribution is -2.41. The highest BCUT2D eigenvalue weighted by atomic mass is 16.2. The second-order valence-electron chi connectivity index (χ2n) is 7.33. The summed E-state index contributed by atoms with van der Waals surface area (Å²) in [5, 5.41) is 0. The third-order valence-electron chi connectivity index (χ3n) is 5.58. The van der Waals surface area contributed by atoms with Gasteiger partial charge in [0.25, 0.3) is 0 Å². The Labute approximate surface area is 149 Å². The van der Waals surface area contributed by atoms with Crippen molar-refractivity contribution >= 4 is 5.91 Å². The van der Waals surface area contributed by atoms with Crippen LogP contribution in [0, 0.1) is 0 Å². The van der Waals surface area contributed by atoms with Crippen molar-refractivity contribution in [3.05, 3.63) is 53.6 Å². The molecule has 5 nitrogen and oxygen atoms in total. The molecule has 0 saturated heterocycles. The van der Waals surface area contributed by atoms with Crippen LogP contribution in [0.5, 0.6) is 0 Å². The summed E-state index contributed by atoms with van der Waals surface area (Å²) >= 11 is 0. The molecule has 1 aliphatic heterocycles. The number of nitrogens with zero attached hydrogens (tertiary/aromatic N) is 4. The van der Waals surface area contributed by atoms with Crippen LogP contribution < -0.4 is 0 Å². The van der Waals surface area contributed by atoms with Crippen molar-refractivity contribution in [3.8, 4) is 0 Å². The number of benzene rings is 1. The highest BCUT2D eigenvalue weighted by Crippen LogP contribution is 2.37. The maximum Gasteiger partial charge on any atom is 0.237 e. The van der Waals surface area contributed by atoms with Crippen LogP contribution in [0.2, 0.25) is 0 Å². The predicted octanol–water partition coefficient (Wildman–Crippen LogP) is 2.80. The van der Waals surface area contributed by atoms with E-state index in [1.54, 1.807) is 0 Å². The van der Waals surface area contributed by atoms with Crippen LogP contribution >= 0.6 is 0 Å². The number of imidazole rings is 1. The molecule has 1 saturated carbocycles. The van der Waals surface area contributed by atoms with E-state index in [4.69, 9.17) is 0 Å². The summed E-state index contributed by atoms with van der Waals surface area (Å²) in [5.41, 5.74) is 3.71. The van der Waals surface area contributed by atoms with E-state index in [0.717, 1.165) is 25.2 Å². The van der Waals surface area contributed by atoms with Crippen molar-refractivity contribution in [2.45, 2.75) is 44.8 Å². The maximum atomic E-state index is 12.7. The molecule has 1 aromatic heterocycles. The third-order valence-corrected chi connectivity index (χ3v) is 5.58. The summed E-state index contributed by atoms with van der Waals surface area (Å²) in [4.78, 5) is 21.4. The van der Waals surface area contributed by atoms with E-state index in [0.29, 0.717) is 12.6 Å². The molecule has 132 valence electrons. The van der Waals surface area contributed by atoms with E-state index in [1.165, 1.54) is 24.1 Å². The van der Waals surface area contributed by atoms with Gasteiger partial charge in [0.2, 0.25) is 5.91 Å². The molecule has 0 spiro atoms. The van der Waals surface area contributed by atoms with Crippen molar-refractivity contribution in [1.82, 2.24) is 19.4 Å². The van der Waals surface area contributed by atoms with Crippen LogP contribution in [-0.4, -0.2) is 45.4 Å². The van der Waals surface area contributed by atoms with Crippen LogP contribution in [0.25, 0.3) is 0 Å². The van der Waals surface area contributed by atoms with Crippen LogP contribution in [0.3, 0.4) is 0 Å². The van der Waals surface area contributed by atoms with Gasteiger partial charge in [-0.2, -0.15) is 0 Å². The summed E-state index contributed by atoms with van der Waals surface area (Å²) in [6.45, 7) is 4.27. The number of aromatic nitrogens is 2. The zero-order valence-electron chi connectivity index (χ0n) is 15.1. The summed E-state index contributed by atoms with van der Waals surface area (Å²) < 4.78 is 2.36. The topological polar surface area (TPSA) is 41.4 Å². The average molecular weight is 338 g/mol. The predicted molar refractivity (Wildman–Crippen MR) is 97.1 cm³/mol. The molecule has 4 rings (SSSR count). The molecule has 25 heavy (non-hydrogen) atoms. The van der Waals surface area contributed by atoms with Gasteiger partial charge in [-0.15, -0.1) is 0 Å². The molecule has 1 aliphatic carbocycles. The van der Waals surface area contributed by atoms with Crippen molar-refractivity contribution in [2.24, 2.45) is 0 Å². The Morgan fingerprint density at radius 2 is 2.08 bits per heavy atom. The zero-order valence-corrected chi connectivity index (χ0v) is 15.1. The third kappa shape index (κ3) is 3.33. The number of hydrogen-bond acceptors (Lipinski definition) is 3. The fraction of sp³-hybridized carbons (Fsp3) is 0.500. The van der Waals surface area contributed by atoms with Gasteiger partial charge in [0, 0.05) is 38.3 Å². The number of carbonyl (C=O) groups is 1. The molecule has 1 fully saturated rings. The minimum Gasteiger partial charge on any atom is -0.338 e. The van der Waals surface area contributed by atoms with Gasteiger partial charge in [0.15, 0.2) is 0 Å².